The van der Waals surface area contributed by atoms with Crippen LogP contribution in [0.5, 0.6) is 0 Å². The highest BCUT2D eigenvalue weighted by Crippen LogP contribution is 2.17. The van der Waals surface area contributed by atoms with E-state index in [1.54, 1.807) is 6.20 Å². The summed E-state index contributed by atoms with van der Waals surface area (Å²) in [5.74, 6) is 0.840. The largest absolute Gasteiger partial charge is 0.358 e. The Balaban J connectivity index is 2.44. The molecule has 0 saturated carbocycles. The van der Waals surface area contributed by atoms with Crippen molar-refractivity contribution in [3.05, 3.63) is 41.1 Å². The van der Waals surface area contributed by atoms with Gasteiger partial charge in [0.25, 0.3) is 0 Å². The second kappa shape index (κ2) is 3.84. The van der Waals surface area contributed by atoms with Crippen LogP contribution < -0.4 is 5.32 Å². The van der Waals surface area contributed by atoms with Gasteiger partial charge in [0.2, 0.25) is 5.95 Å². The van der Waals surface area contributed by atoms with Gasteiger partial charge in [0.15, 0.2) is 0 Å². The molecule has 3 nitrogen and oxygen atoms in total. The van der Waals surface area contributed by atoms with Crippen LogP contribution in [0.1, 0.15) is 0 Å². The highest BCUT2D eigenvalue weighted by molar-refractivity contribution is 9.10. The first-order valence-electron chi connectivity index (χ1n) is 4.28. The van der Waals surface area contributed by atoms with E-state index in [2.05, 4.69) is 26.2 Å². The SMILES string of the molecule is CNc1nccn1-c1ccc(Br)cc1. The molecule has 1 heterocycles. The molecule has 0 bridgehead atoms. The lowest BCUT2D eigenvalue weighted by Crippen LogP contribution is -2.00. The van der Waals surface area contributed by atoms with Gasteiger partial charge in [-0.2, -0.15) is 0 Å². The molecule has 4 heteroatoms. The minimum absolute atomic E-state index is 0.840. The van der Waals surface area contributed by atoms with Gasteiger partial charge in [-0.15, -0.1) is 0 Å². The van der Waals surface area contributed by atoms with E-state index < -0.39 is 0 Å². The van der Waals surface area contributed by atoms with Gasteiger partial charge < -0.3 is 5.32 Å². The Labute approximate surface area is 90.9 Å². The molecule has 0 saturated heterocycles. The molecule has 0 unspecified atom stereocenters. The van der Waals surface area contributed by atoms with Gasteiger partial charge in [-0.05, 0) is 24.3 Å². The predicted molar refractivity (Wildman–Crippen MR) is 60.8 cm³/mol. The molecule has 0 radical (unpaired) electrons. The average Bonchev–Trinajstić information content (AvgIpc) is 2.67. The summed E-state index contributed by atoms with van der Waals surface area (Å²) >= 11 is 3.40. The maximum absolute atomic E-state index is 4.17. The molecule has 0 fully saturated rings. The molecule has 14 heavy (non-hydrogen) atoms. The average molecular weight is 252 g/mol. The molecule has 0 spiro atoms. The summed E-state index contributed by atoms with van der Waals surface area (Å²) in [5.41, 5.74) is 1.09. The minimum atomic E-state index is 0.840. The number of hydrogen-bond acceptors (Lipinski definition) is 2. The fraction of sp³-hybridized carbons (Fsp3) is 0.100. The van der Waals surface area contributed by atoms with E-state index in [4.69, 9.17) is 0 Å². The molecular formula is C10H10BrN3. The Bertz CT molecular complexity index is 419. The van der Waals surface area contributed by atoms with Crippen LogP contribution in [0.25, 0.3) is 5.69 Å². The third-order valence-electron chi connectivity index (χ3n) is 1.97. The van der Waals surface area contributed by atoms with Crippen molar-refractivity contribution < 1.29 is 0 Å². The number of benzene rings is 1. The van der Waals surface area contributed by atoms with Crippen molar-refractivity contribution in [3.63, 3.8) is 0 Å². The van der Waals surface area contributed by atoms with Gasteiger partial charge in [0.1, 0.15) is 0 Å². The molecule has 0 aliphatic rings. The quantitative estimate of drug-likeness (QED) is 0.890. The zero-order chi connectivity index (χ0) is 9.97. The second-order valence-corrected chi connectivity index (χ2v) is 3.76. The third-order valence-corrected chi connectivity index (χ3v) is 2.50. The predicted octanol–water partition coefficient (Wildman–Crippen LogP) is 2.68. The van der Waals surface area contributed by atoms with Crippen molar-refractivity contribution >= 4 is 21.9 Å². The molecule has 72 valence electrons. The number of halogens is 1. The van der Waals surface area contributed by atoms with Gasteiger partial charge in [-0.1, -0.05) is 15.9 Å². The van der Waals surface area contributed by atoms with Gasteiger partial charge >= 0.3 is 0 Å². The maximum Gasteiger partial charge on any atom is 0.207 e. The van der Waals surface area contributed by atoms with E-state index in [1.165, 1.54) is 0 Å². The topological polar surface area (TPSA) is 29.9 Å². The summed E-state index contributed by atoms with van der Waals surface area (Å²) in [6, 6.07) is 8.09. The number of anilines is 1. The highest BCUT2D eigenvalue weighted by atomic mass is 79.9. The number of nitrogens with zero attached hydrogens (tertiary/aromatic N) is 2. The lowest BCUT2D eigenvalue weighted by atomic mass is 10.3. The number of hydrogen-bond donors (Lipinski definition) is 1. The van der Waals surface area contributed by atoms with E-state index in [0.717, 1.165) is 16.1 Å². The van der Waals surface area contributed by atoms with Crippen molar-refractivity contribution in [1.29, 1.82) is 0 Å². The van der Waals surface area contributed by atoms with E-state index in [0.29, 0.717) is 0 Å². The molecule has 0 amide bonds. The lowest BCUT2D eigenvalue weighted by molar-refractivity contribution is 1.05. The fourth-order valence-electron chi connectivity index (χ4n) is 1.30. The molecule has 1 N–H and O–H groups in total. The number of aromatic nitrogens is 2. The van der Waals surface area contributed by atoms with Gasteiger partial charge in [0.05, 0.1) is 0 Å². The highest BCUT2D eigenvalue weighted by Gasteiger charge is 2.01. The zero-order valence-electron chi connectivity index (χ0n) is 7.74. The van der Waals surface area contributed by atoms with Crippen LogP contribution >= 0.6 is 15.9 Å². The first kappa shape index (κ1) is 9.27. The van der Waals surface area contributed by atoms with Gasteiger partial charge in [-0.3, -0.25) is 4.57 Å². The van der Waals surface area contributed by atoms with Crippen LogP contribution in [0.2, 0.25) is 0 Å². The van der Waals surface area contributed by atoms with Crippen LogP contribution in [0.4, 0.5) is 5.95 Å². The van der Waals surface area contributed by atoms with Gasteiger partial charge in [-0.25, -0.2) is 4.98 Å². The second-order valence-electron chi connectivity index (χ2n) is 2.85. The normalized spacial score (nSPS) is 10.1. The molecule has 0 aliphatic heterocycles. The molecule has 2 aromatic rings. The van der Waals surface area contributed by atoms with Crippen molar-refractivity contribution in [2.75, 3.05) is 12.4 Å². The van der Waals surface area contributed by atoms with E-state index >= 15 is 0 Å². The van der Waals surface area contributed by atoms with Crippen LogP contribution in [-0.4, -0.2) is 16.6 Å². The van der Waals surface area contributed by atoms with E-state index in [1.807, 2.05) is 42.1 Å². The maximum atomic E-state index is 4.17. The molecule has 1 aromatic carbocycles. The molecular weight excluding hydrogens is 242 g/mol. The Morgan fingerprint density at radius 2 is 2.00 bits per heavy atom. The summed E-state index contributed by atoms with van der Waals surface area (Å²) in [5, 5.41) is 3.03. The Hall–Kier alpha value is -1.29. The van der Waals surface area contributed by atoms with Crippen LogP contribution in [0.15, 0.2) is 41.1 Å². The van der Waals surface area contributed by atoms with Crippen LogP contribution in [0, 0.1) is 0 Å². The van der Waals surface area contributed by atoms with Gasteiger partial charge in [0, 0.05) is 29.6 Å². The van der Waals surface area contributed by atoms with Crippen molar-refractivity contribution in [1.82, 2.24) is 9.55 Å². The Morgan fingerprint density at radius 3 is 2.64 bits per heavy atom. The summed E-state index contributed by atoms with van der Waals surface area (Å²) in [4.78, 5) is 4.17. The first-order valence-corrected chi connectivity index (χ1v) is 5.07. The number of nitrogens with one attached hydrogen (secondary N) is 1. The van der Waals surface area contributed by atoms with Crippen LogP contribution in [0.3, 0.4) is 0 Å². The van der Waals surface area contributed by atoms with Crippen molar-refractivity contribution in [2.24, 2.45) is 0 Å². The number of rotatable bonds is 2. The zero-order valence-corrected chi connectivity index (χ0v) is 9.32. The standard InChI is InChI=1S/C10H10BrN3/c1-12-10-13-6-7-14(10)9-4-2-8(11)3-5-9/h2-7H,1H3,(H,12,13). The van der Waals surface area contributed by atoms with Crippen LogP contribution in [-0.2, 0) is 0 Å². The van der Waals surface area contributed by atoms with Crippen molar-refractivity contribution in [2.45, 2.75) is 0 Å². The van der Waals surface area contributed by atoms with E-state index in [-0.39, 0.29) is 0 Å². The summed E-state index contributed by atoms with van der Waals surface area (Å²) in [6.45, 7) is 0. The molecule has 1 aromatic heterocycles. The van der Waals surface area contributed by atoms with E-state index in [9.17, 15) is 0 Å². The summed E-state index contributed by atoms with van der Waals surface area (Å²) in [7, 11) is 1.86. The molecule has 0 atom stereocenters. The third kappa shape index (κ3) is 1.65. The summed E-state index contributed by atoms with van der Waals surface area (Å²) in [6.07, 6.45) is 3.70. The Morgan fingerprint density at radius 1 is 1.29 bits per heavy atom. The monoisotopic (exact) mass is 251 g/mol. The summed E-state index contributed by atoms with van der Waals surface area (Å²) < 4.78 is 3.07. The smallest absolute Gasteiger partial charge is 0.207 e. The lowest BCUT2D eigenvalue weighted by Gasteiger charge is -2.06. The fourth-order valence-corrected chi connectivity index (χ4v) is 1.56. The molecule has 2 rings (SSSR count). The van der Waals surface area contributed by atoms with Crippen molar-refractivity contribution in [3.8, 4) is 5.69 Å². The number of imidazole rings is 1. The first-order chi connectivity index (χ1) is 6.81. The molecule has 0 aliphatic carbocycles. The Kier molecular flexibility index (Phi) is 2.54. The minimum Gasteiger partial charge on any atom is -0.358 e.